The summed E-state index contributed by atoms with van der Waals surface area (Å²) in [4.78, 5) is 26.5. The number of carbonyl (C=O) groups excluding carboxylic acids is 2. The third-order valence-electron chi connectivity index (χ3n) is 4.48. The summed E-state index contributed by atoms with van der Waals surface area (Å²) in [5, 5.41) is 0. The Labute approximate surface area is 153 Å². The molecule has 0 amide bonds. The predicted octanol–water partition coefficient (Wildman–Crippen LogP) is 5.34. The van der Waals surface area contributed by atoms with Crippen LogP contribution in [0.1, 0.15) is 32.2 Å². The van der Waals surface area contributed by atoms with E-state index in [0.717, 1.165) is 5.56 Å². The number of Topliss-reactive ketones (excluding diaryl/α,β-unsaturated/α-hetero) is 2. The van der Waals surface area contributed by atoms with Crippen LogP contribution in [0.2, 0.25) is 0 Å². The average molecular weight is 340 g/mol. The highest BCUT2D eigenvalue weighted by atomic mass is 16.2. The standard InChI is InChI=1S/C24H20O2/c1-2-21(18-12-6-3-7-13-18)22(23(25)19-14-8-4-9-15-19)24(26)20-16-10-5-11-17-20/h2-17,21-22H,1H2/t21-/m0/s1. The first-order valence-corrected chi connectivity index (χ1v) is 8.58. The molecule has 0 saturated heterocycles. The molecule has 0 N–H and O–H groups in total. The Hall–Kier alpha value is -3.26. The molecule has 0 aliphatic rings. The summed E-state index contributed by atoms with van der Waals surface area (Å²) in [6.45, 7) is 3.91. The summed E-state index contributed by atoms with van der Waals surface area (Å²) in [6, 6.07) is 27.5. The first kappa shape index (κ1) is 17.6. The Kier molecular flexibility index (Phi) is 5.55. The van der Waals surface area contributed by atoms with Crippen LogP contribution < -0.4 is 0 Å². The second kappa shape index (κ2) is 8.21. The minimum atomic E-state index is -0.848. The van der Waals surface area contributed by atoms with Crippen LogP contribution >= 0.6 is 0 Å². The van der Waals surface area contributed by atoms with Gasteiger partial charge in [-0.1, -0.05) is 97.1 Å². The molecule has 3 aromatic rings. The van der Waals surface area contributed by atoms with Gasteiger partial charge in [0.25, 0.3) is 0 Å². The van der Waals surface area contributed by atoms with Crippen LogP contribution in [0.3, 0.4) is 0 Å². The van der Waals surface area contributed by atoms with Gasteiger partial charge in [0.05, 0.1) is 5.92 Å². The van der Waals surface area contributed by atoms with Crippen molar-refractivity contribution in [1.29, 1.82) is 0 Å². The summed E-state index contributed by atoms with van der Waals surface area (Å²) < 4.78 is 0. The van der Waals surface area contributed by atoms with E-state index in [1.807, 2.05) is 66.7 Å². The smallest absolute Gasteiger partial charge is 0.174 e. The quantitative estimate of drug-likeness (QED) is 0.330. The van der Waals surface area contributed by atoms with Crippen molar-refractivity contribution < 1.29 is 9.59 Å². The van der Waals surface area contributed by atoms with E-state index >= 15 is 0 Å². The number of ketones is 2. The maximum Gasteiger partial charge on any atom is 0.174 e. The molecule has 128 valence electrons. The first-order chi connectivity index (χ1) is 12.7. The summed E-state index contributed by atoms with van der Waals surface area (Å²) in [7, 11) is 0. The predicted molar refractivity (Wildman–Crippen MR) is 104 cm³/mol. The molecule has 26 heavy (non-hydrogen) atoms. The van der Waals surface area contributed by atoms with Crippen LogP contribution in [0, 0.1) is 5.92 Å². The van der Waals surface area contributed by atoms with Crippen LogP contribution in [0.25, 0.3) is 0 Å². The molecule has 1 atom stereocenters. The molecule has 0 unspecified atom stereocenters. The molecule has 3 rings (SSSR count). The fourth-order valence-electron chi connectivity index (χ4n) is 3.15. The topological polar surface area (TPSA) is 34.1 Å². The highest BCUT2D eigenvalue weighted by Crippen LogP contribution is 2.31. The summed E-state index contributed by atoms with van der Waals surface area (Å²) in [6.07, 6.45) is 1.70. The molecule has 0 aliphatic carbocycles. The lowest BCUT2D eigenvalue weighted by Crippen LogP contribution is -2.30. The molecular formula is C24H20O2. The van der Waals surface area contributed by atoms with E-state index in [4.69, 9.17) is 0 Å². The Balaban J connectivity index is 2.08. The van der Waals surface area contributed by atoms with E-state index in [-0.39, 0.29) is 11.6 Å². The Morgan fingerprint density at radius 3 is 1.42 bits per heavy atom. The van der Waals surface area contributed by atoms with Gasteiger partial charge >= 0.3 is 0 Å². The van der Waals surface area contributed by atoms with E-state index < -0.39 is 11.8 Å². The van der Waals surface area contributed by atoms with Crippen molar-refractivity contribution >= 4 is 11.6 Å². The molecule has 2 heteroatoms. The molecular weight excluding hydrogens is 320 g/mol. The summed E-state index contributed by atoms with van der Waals surface area (Å²) in [5.41, 5.74) is 1.97. The lowest BCUT2D eigenvalue weighted by Gasteiger charge is -2.23. The average Bonchev–Trinajstić information content (AvgIpc) is 2.73. The van der Waals surface area contributed by atoms with Gasteiger partial charge in [0.15, 0.2) is 11.6 Å². The van der Waals surface area contributed by atoms with Crippen molar-refractivity contribution in [2.45, 2.75) is 5.92 Å². The van der Waals surface area contributed by atoms with Gasteiger partial charge in [-0.2, -0.15) is 0 Å². The Bertz CT molecular complexity index is 832. The monoisotopic (exact) mass is 340 g/mol. The molecule has 2 nitrogen and oxygen atoms in total. The third kappa shape index (κ3) is 3.70. The number of rotatable bonds is 7. The van der Waals surface area contributed by atoms with Crippen LogP contribution in [0.15, 0.2) is 104 Å². The number of hydrogen-bond acceptors (Lipinski definition) is 2. The second-order valence-corrected chi connectivity index (χ2v) is 6.11. The lowest BCUT2D eigenvalue weighted by molar-refractivity contribution is 0.0795. The van der Waals surface area contributed by atoms with Gasteiger partial charge in [-0.15, -0.1) is 6.58 Å². The normalized spacial score (nSPS) is 11.7. The molecule has 0 radical (unpaired) electrons. The molecule has 0 bridgehead atoms. The van der Waals surface area contributed by atoms with Gasteiger partial charge in [0.1, 0.15) is 0 Å². The number of carbonyl (C=O) groups is 2. The second-order valence-electron chi connectivity index (χ2n) is 6.11. The SMILES string of the molecule is C=C[C@@H](c1ccccc1)C(C(=O)c1ccccc1)C(=O)c1ccccc1. The maximum atomic E-state index is 13.3. The van der Waals surface area contributed by atoms with Crippen molar-refractivity contribution in [3.8, 4) is 0 Å². The first-order valence-electron chi connectivity index (χ1n) is 8.58. The van der Waals surface area contributed by atoms with E-state index in [1.165, 1.54) is 0 Å². The summed E-state index contributed by atoms with van der Waals surface area (Å²) >= 11 is 0. The fraction of sp³-hybridized carbons (Fsp3) is 0.0833. The van der Waals surface area contributed by atoms with Crippen LogP contribution in [0.4, 0.5) is 0 Å². The highest BCUT2D eigenvalue weighted by molar-refractivity contribution is 6.16. The van der Waals surface area contributed by atoms with Crippen molar-refractivity contribution in [3.63, 3.8) is 0 Å². The molecule has 0 spiro atoms. The third-order valence-corrected chi connectivity index (χ3v) is 4.48. The van der Waals surface area contributed by atoms with Gasteiger partial charge < -0.3 is 0 Å². The number of hydrogen-bond donors (Lipinski definition) is 0. The van der Waals surface area contributed by atoms with Crippen molar-refractivity contribution in [2.24, 2.45) is 5.92 Å². The van der Waals surface area contributed by atoms with Gasteiger partial charge in [-0.05, 0) is 5.56 Å². The Morgan fingerprint density at radius 1 is 0.654 bits per heavy atom. The van der Waals surface area contributed by atoms with E-state index in [0.29, 0.717) is 11.1 Å². The molecule has 0 aliphatic heterocycles. The van der Waals surface area contributed by atoms with Gasteiger partial charge in [-0.25, -0.2) is 0 Å². The Morgan fingerprint density at radius 2 is 1.04 bits per heavy atom. The van der Waals surface area contributed by atoms with E-state index in [1.54, 1.807) is 30.3 Å². The highest BCUT2D eigenvalue weighted by Gasteiger charge is 2.35. The molecule has 0 saturated carbocycles. The minimum absolute atomic E-state index is 0.187. The van der Waals surface area contributed by atoms with Crippen molar-refractivity contribution in [1.82, 2.24) is 0 Å². The zero-order valence-electron chi connectivity index (χ0n) is 14.4. The van der Waals surface area contributed by atoms with Crippen molar-refractivity contribution in [2.75, 3.05) is 0 Å². The van der Waals surface area contributed by atoms with Gasteiger partial charge in [0.2, 0.25) is 0 Å². The van der Waals surface area contributed by atoms with Crippen LogP contribution in [0.5, 0.6) is 0 Å². The van der Waals surface area contributed by atoms with Gasteiger partial charge in [-0.3, -0.25) is 9.59 Å². The zero-order chi connectivity index (χ0) is 18.4. The minimum Gasteiger partial charge on any atom is -0.293 e. The van der Waals surface area contributed by atoms with Crippen molar-refractivity contribution in [3.05, 3.63) is 120 Å². The van der Waals surface area contributed by atoms with Crippen LogP contribution in [-0.4, -0.2) is 11.6 Å². The number of allylic oxidation sites excluding steroid dienone is 1. The van der Waals surface area contributed by atoms with E-state index in [9.17, 15) is 9.59 Å². The molecule has 0 aromatic heterocycles. The lowest BCUT2D eigenvalue weighted by atomic mass is 9.77. The van der Waals surface area contributed by atoms with Gasteiger partial charge in [0, 0.05) is 17.0 Å². The maximum absolute atomic E-state index is 13.3. The zero-order valence-corrected chi connectivity index (χ0v) is 14.4. The summed E-state index contributed by atoms with van der Waals surface area (Å²) in [5.74, 6) is -1.61. The molecule has 0 heterocycles. The molecule has 0 fully saturated rings. The largest absolute Gasteiger partial charge is 0.293 e. The fourth-order valence-corrected chi connectivity index (χ4v) is 3.15. The molecule has 3 aromatic carbocycles. The van der Waals surface area contributed by atoms with E-state index in [2.05, 4.69) is 6.58 Å². The number of benzene rings is 3. The van der Waals surface area contributed by atoms with Crippen LogP contribution in [-0.2, 0) is 0 Å².